The molecule has 34 heavy (non-hydrogen) atoms. The van der Waals surface area contributed by atoms with Gasteiger partial charge in [0.2, 0.25) is 5.88 Å². The third kappa shape index (κ3) is 3.98. The van der Waals surface area contributed by atoms with Gasteiger partial charge in [-0.2, -0.15) is 0 Å². The number of anilines is 1. The van der Waals surface area contributed by atoms with Crippen LogP contribution in [0.5, 0.6) is 5.88 Å². The van der Waals surface area contributed by atoms with Crippen LogP contribution in [0, 0.1) is 17.2 Å². The van der Waals surface area contributed by atoms with Gasteiger partial charge in [-0.25, -0.2) is 28.1 Å². The highest BCUT2D eigenvalue weighted by Gasteiger charge is 2.58. The molecule has 1 aromatic heterocycles. The van der Waals surface area contributed by atoms with Crippen molar-refractivity contribution < 1.29 is 27.4 Å². The number of hydrogen-bond donors (Lipinski definition) is 2. The van der Waals surface area contributed by atoms with Gasteiger partial charge in [0.25, 0.3) is 11.8 Å². The third-order valence-electron chi connectivity index (χ3n) is 6.49. The number of benzene rings is 1. The second-order valence-electron chi connectivity index (χ2n) is 9.01. The van der Waals surface area contributed by atoms with Gasteiger partial charge >= 0.3 is 0 Å². The van der Waals surface area contributed by atoms with Crippen LogP contribution in [0.1, 0.15) is 29.4 Å². The number of nitrogens with one attached hydrogen (secondary N) is 1. The van der Waals surface area contributed by atoms with E-state index in [-0.39, 0.29) is 31.2 Å². The zero-order valence-corrected chi connectivity index (χ0v) is 19.0. The smallest absolute Gasteiger partial charge is 0.275 e. The summed E-state index contributed by atoms with van der Waals surface area (Å²) in [5.41, 5.74) is 5.15. The Kier molecular flexibility index (Phi) is 5.47. The molecular formula is C22H22F3N5O3S. The van der Waals surface area contributed by atoms with Crippen LogP contribution in [0.2, 0.25) is 0 Å². The van der Waals surface area contributed by atoms with Gasteiger partial charge in [0, 0.05) is 28.8 Å². The van der Waals surface area contributed by atoms with Gasteiger partial charge in [0.05, 0.1) is 38.1 Å². The van der Waals surface area contributed by atoms with Gasteiger partial charge in [0.15, 0.2) is 5.17 Å². The Morgan fingerprint density at radius 1 is 1.32 bits per heavy atom. The number of fused-ring (bicyclic) bond motifs is 1. The summed E-state index contributed by atoms with van der Waals surface area (Å²) in [5, 5.41) is 3.04. The number of nitrogens with zero attached hydrogens (tertiary/aromatic N) is 3. The summed E-state index contributed by atoms with van der Waals surface area (Å²) < 4.78 is 51.8. The van der Waals surface area contributed by atoms with Crippen molar-refractivity contribution in [3.63, 3.8) is 0 Å². The lowest BCUT2D eigenvalue weighted by Gasteiger charge is -2.42. The Morgan fingerprint density at radius 2 is 2.12 bits per heavy atom. The summed E-state index contributed by atoms with van der Waals surface area (Å²) in [5.74, 6) is -3.87. The van der Waals surface area contributed by atoms with Crippen LogP contribution in [-0.2, 0) is 10.3 Å². The Hall–Kier alpha value is -2.86. The molecule has 0 radical (unpaired) electrons. The number of alkyl halides is 2. The Balaban J connectivity index is 1.32. The first-order valence-corrected chi connectivity index (χ1v) is 11.6. The molecule has 1 saturated heterocycles. The maximum absolute atomic E-state index is 15.0. The van der Waals surface area contributed by atoms with E-state index in [1.165, 1.54) is 42.4 Å². The van der Waals surface area contributed by atoms with E-state index < -0.39 is 34.5 Å². The van der Waals surface area contributed by atoms with Crippen LogP contribution in [0.3, 0.4) is 0 Å². The van der Waals surface area contributed by atoms with Crippen LogP contribution in [0.15, 0.2) is 35.6 Å². The first kappa shape index (κ1) is 22.9. The molecule has 3 atom stereocenters. The van der Waals surface area contributed by atoms with Crippen LogP contribution < -0.4 is 15.8 Å². The number of amidine groups is 1. The molecule has 3 aliphatic rings. The minimum Gasteiger partial charge on any atom is -0.476 e. The van der Waals surface area contributed by atoms with Crippen molar-refractivity contribution >= 4 is 28.5 Å². The first-order valence-electron chi connectivity index (χ1n) is 10.6. The van der Waals surface area contributed by atoms with Gasteiger partial charge in [-0.3, -0.25) is 4.79 Å². The summed E-state index contributed by atoms with van der Waals surface area (Å²) >= 11 is 1.41. The minimum absolute atomic E-state index is 0.0153. The number of carbonyl (C=O) groups is 1. The molecule has 8 nitrogen and oxygen atoms in total. The number of thioether (sulfide) groups is 1. The summed E-state index contributed by atoms with van der Waals surface area (Å²) in [7, 11) is 0. The number of rotatable bonds is 6. The van der Waals surface area contributed by atoms with E-state index >= 15 is 4.39 Å². The van der Waals surface area contributed by atoms with Crippen molar-refractivity contribution in [3.05, 3.63) is 47.7 Å². The van der Waals surface area contributed by atoms with E-state index in [0.717, 1.165) is 0 Å². The van der Waals surface area contributed by atoms with Gasteiger partial charge in [-0.1, -0.05) is 18.7 Å². The van der Waals surface area contributed by atoms with Crippen LogP contribution in [0.4, 0.5) is 18.9 Å². The van der Waals surface area contributed by atoms with Gasteiger partial charge < -0.3 is 20.5 Å². The lowest BCUT2D eigenvalue weighted by atomic mass is 9.70. The molecule has 2 aromatic rings. The standard InChI is InChI=1S/C22H22F3N5O3S/c1-20-9-32-10-21(20,30-19(26)34-11-20)14-4-13(2-3-15(14)23)29-18(31)16-6-28-17(7-27-16)33-8-12-5-22(12,24)25/h2-4,6-7,12H,5,8-11H2,1H3,(H2,26,30)(H,29,31)/t12?,20-,21+/m0/s1. The lowest BCUT2D eigenvalue weighted by Crippen LogP contribution is -2.48. The van der Waals surface area contributed by atoms with Gasteiger partial charge in [0.1, 0.15) is 17.1 Å². The predicted octanol–water partition coefficient (Wildman–Crippen LogP) is 3.20. The fourth-order valence-electron chi connectivity index (χ4n) is 4.22. The number of nitrogens with two attached hydrogens (primary N) is 1. The molecule has 2 fully saturated rings. The molecule has 1 aliphatic carbocycles. The van der Waals surface area contributed by atoms with Crippen LogP contribution in [0.25, 0.3) is 0 Å². The molecule has 3 heterocycles. The molecule has 1 unspecified atom stereocenters. The average Bonchev–Trinajstić information content (AvgIpc) is 3.27. The van der Waals surface area contributed by atoms with E-state index in [9.17, 15) is 13.6 Å². The zero-order valence-electron chi connectivity index (χ0n) is 18.2. The largest absolute Gasteiger partial charge is 0.476 e. The first-order chi connectivity index (χ1) is 16.1. The van der Waals surface area contributed by atoms with E-state index in [1.54, 1.807) is 0 Å². The molecule has 180 valence electrons. The second kappa shape index (κ2) is 8.12. The average molecular weight is 494 g/mol. The number of halogens is 3. The maximum Gasteiger partial charge on any atom is 0.275 e. The molecule has 2 aliphatic heterocycles. The Labute approximate surface area is 197 Å². The third-order valence-corrected chi connectivity index (χ3v) is 7.66. The highest BCUT2D eigenvalue weighted by atomic mass is 32.2. The summed E-state index contributed by atoms with van der Waals surface area (Å²) in [6.07, 6.45) is 2.18. The van der Waals surface area contributed by atoms with Crippen molar-refractivity contribution in [1.82, 2.24) is 9.97 Å². The lowest BCUT2D eigenvalue weighted by molar-refractivity contribution is 0.0849. The van der Waals surface area contributed by atoms with Crippen molar-refractivity contribution in [2.45, 2.75) is 24.8 Å². The number of carbonyl (C=O) groups excluding carboxylic acids is 1. The van der Waals surface area contributed by atoms with Gasteiger partial charge in [-0.15, -0.1) is 0 Å². The maximum atomic E-state index is 15.0. The highest BCUT2D eigenvalue weighted by Crippen LogP contribution is 2.53. The molecule has 1 amide bonds. The number of amides is 1. The molecule has 1 saturated carbocycles. The molecule has 0 bridgehead atoms. The highest BCUT2D eigenvalue weighted by molar-refractivity contribution is 8.13. The molecule has 0 spiro atoms. The number of aliphatic imine (C=N–C) groups is 1. The normalized spacial score (nSPS) is 29.2. The monoisotopic (exact) mass is 493 g/mol. The summed E-state index contributed by atoms with van der Waals surface area (Å²) in [6, 6.07) is 4.24. The topological polar surface area (TPSA) is 112 Å². The van der Waals surface area contributed by atoms with Gasteiger partial charge in [-0.05, 0) is 18.2 Å². The van der Waals surface area contributed by atoms with Crippen molar-refractivity contribution in [2.24, 2.45) is 22.1 Å². The molecule has 1 aromatic carbocycles. The van der Waals surface area contributed by atoms with Crippen LogP contribution in [-0.4, -0.2) is 52.5 Å². The van der Waals surface area contributed by atoms with E-state index in [2.05, 4.69) is 20.3 Å². The van der Waals surface area contributed by atoms with Crippen LogP contribution >= 0.6 is 11.8 Å². The van der Waals surface area contributed by atoms with E-state index in [0.29, 0.717) is 28.8 Å². The number of hydrogen-bond acceptors (Lipinski definition) is 8. The molecule has 5 rings (SSSR count). The second-order valence-corrected chi connectivity index (χ2v) is 10.0. The molecular weight excluding hydrogens is 471 g/mol. The van der Waals surface area contributed by atoms with E-state index in [1.807, 2.05) is 6.92 Å². The van der Waals surface area contributed by atoms with E-state index in [4.69, 9.17) is 15.2 Å². The van der Waals surface area contributed by atoms with Crippen molar-refractivity contribution in [2.75, 3.05) is 30.9 Å². The summed E-state index contributed by atoms with van der Waals surface area (Å²) in [4.78, 5) is 25.2. The fourth-order valence-corrected chi connectivity index (χ4v) is 5.23. The van der Waals surface area contributed by atoms with Crippen molar-refractivity contribution in [1.29, 1.82) is 0 Å². The molecule has 12 heteroatoms. The Morgan fingerprint density at radius 3 is 2.82 bits per heavy atom. The SMILES string of the molecule is C[C@@]12COC[C@]1(c1cc(NC(=O)c3cnc(OCC4CC4(F)F)cn3)ccc1F)N=C(N)SC2. The fraction of sp³-hybridized carbons (Fsp3) is 0.455. The summed E-state index contributed by atoms with van der Waals surface area (Å²) in [6.45, 7) is 2.41. The minimum atomic E-state index is -2.68. The zero-order chi connectivity index (χ0) is 24.1. The molecule has 3 N–H and O–H groups in total. The quantitative estimate of drug-likeness (QED) is 0.636. The van der Waals surface area contributed by atoms with Crippen molar-refractivity contribution in [3.8, 4) is 5.88 Å². The Bertz CT molecular complexity index is 1160. The predicted molar refractivity (Wildman–Crippen MR) is 120 cm³/mol. The number of aromatic nitrogens is 2. The number of ether oxygens (including phenoxy) is 2.